The molecule has 2 heterocycles. The van der Waals surface area contributed by atoms with Gasteiger partial charge in [-0.2, -0.15) is 5.10 Å². The highest BCUT2D eigenvalue weighted by atomic mass is 16.2. The molecule has 2 amide bonds. The number of H-pyrrole nitrogens is 1. The predicted molar refractivity (Wildman–Crippen MR) is 112 cm³/mol. The summed E-state index contributed by atoms with van der Waals surface area (Å²) in [7, 11) is 0. The van der Waals surface area contributed by atoms with Crippen molar-refractivity contribution in [2.24, 2.45) is 0 Å². The lowest BCUT2D eigenvalue weighted by atomic mass is 9.90. The lowest BCUT2D eigenvalue weighted by molar-refractivity contribution is 0.212. The first kappa shape index (κ1) is 17.7. The SMILES string of the molecule is O=C(Nc1ccc(-c2n[nH]c(=O)c3c2CCCC3)cc1)N1Cc2ccccc2C1. The quantitative estimate of drug-likeness (QED) is 0.702. The second-order valence-corrected chi connectivity index (χ2v) is 7.70. The molecular weight excluding hydrogens is 364 g/mol. The standard InChI is InChI=1S/C23H22N4O2/c28-22-20-8-4-3-7-19(20)21(25-26-22)15-9-11-18(12-10-15)24-23(29)27-13-16-5-1-2-6-17(16)14-27/h1-2,5-6,9-12H,3-4,7-8,13-14H2,(H,24,29)(H,26,28). The summed E-state index contributed by atoms with van der Waals surface area (Å²) in [4.78, 5) is 26.5. The minimum Gasteiger partial charge on any atom is -0.316 e. The maximum absolute atomic E-state index is 12.6. The van der Waals surface area contributed by atoms with Crippen molar-refractivity contribution in [3.63, 3.8) is 0 Å². The molecule has 3 aromatic rings. The first-order chi connectivity index (χ1) is 14.2. The maximum Gasteiger partial charge on any atom is 0.322 e. The van der Waals surface area contributed by atoms with Crippen molar-refractivity contribution >= 4 is 11.7 Å². The Bertz CT molecular complexity index is 1110. The number of nitrogens with one attached hydrogen (secondary N) is 2. The van der Waals surface area contributed by atoms with E-state index in [0.29, 0.717) is 13.1 Å². The van der Waals surface area contributed by atoms with Gasteiger partial charge in [0.25, 0.3) is 5.56 Å². The van der Waals surface area contributed by atoms with E-state index in [1.54, 1.807) is 4.90 Å². The topological polar surface area (TPSA) is 78.1 Å². The van der Waals surface area contributed by atoms with Gasteiger partial charge in [-0.05, 0) is 54.5 Å². The van der Waals surface area contributed by atoms with Crippen molar-refractivity contribution in [2.45, 2.75) is 38.8 Å². The summed E-state index contributed by atoms with van der Waals surface area (Å²) in [6.45, 7) is 1.26. The molecule has 29 heavy (non-hydrogen) atoms. The molecule has 2 aliphatic rings. The summed E-state index contributed by atoms with van der Waals surface area (Å²) >= 11 is 0. The Hall–Kier alpha value is -3.41. The molecule has 0 unspecified atom stereocenters. The number of hydrogen-bond acceptors (Lipinski definition) is 3. The van der Waals surface area contributed by atoms with Crippen molar-refractivity contribution < 1.29 is 4.79 Å². The van der Waals surface area contributed by atoms with Gasteiger partial charge in [-0.3, -0.25) is 4.79 Å². The number of aromatic nitrogens is 2. The van der Waals surface area contributed by atoms with Crippen molar-refractivity contribution in [1.82, 2.24) is 15.1 Å². The van der Waals surface area contributed by atoms with E-state index < -0.39 is 0 Å². The zero-order valence-corrected chi connectivity index (χ0v) is 16.1. The van der Waals surface area contributed by atoms with Crippen LogP contribution in [0.25, 0.3) is 11.3 Å². The maximum atomic E-state index is 12.6. The van der Waals surface area contributed by atoms with E-state index in [1.807, 2.05) is 36.4 Å². The summed E-state index contributed by atoms with van der Waals surface area (Å²) in [5, 5.41) is 9.92. The van der Waals surface area contributed by atoms with Crippen LogP contribution in [-0.4, -0.2) is 21.1 Å². The van der Waals surface area contributed by atoms with Gasteiger partial charge in [0.2, 0.25) is 0 Å². The van der Waals surface area contributed by atoms with Crippen LogP contribution in [-0.2, 0) is 25.9 Å². The molecule has 146 valence electrons. The van der Waals surface area contributed by atoms with Gasteiger partial charge in [0.15, 0.2) is 0 Å². The Labute approximate surface area is 168 Å². The number of nitrogens with zero attached hydrogens (tertiary/aromatic N) is 2. The Morgan fingerprint density at radius 2 is 1.59 bits per heavy atom. The molecule has 2 N–H and O–H groups in total. The highest BCUT2D eigenvalue weighted by molar-refractivity contribution is 5.90. The van der Waals surface area contributed by atoms with E-state index in [2.05, 4.69) is 27.6 Å². The number of carbonyl (C=O) groups is 1. The van der Waals surface area contributed by atoms with E-state index >= 15 is 0 Å². The number of benzene rings is 2. The monoisotopic (exact) mass is 386 g/mol. The van der Waals surface area contributed by atoms with Gasteiger partial charge in [-0.15, -0.1) is 0 Å². The van der Waals surface area contributed by atoms with Gasteiger partial charge in [-0.1, -0.05) is 36.4 Å². The summed E-state index contributed by atoms with van der Waals surface area (Å²) in [6.07, 6.45) is 3.82. The molecular formula is C23H22N4O2. The molecule has 1 aliphatic heterocycles. The van der Waals surface area contributed by atoms with Crippen molar-refractivity contribution in [2.75, 3.05) is 5.32 Å². The van der Waals surface area contributed by atoms with Crippen molar-refractivity contribution in [1.29, 1.82) is 0 Å². The van der Waals surface area contributed by atoms with Crippen LogP contribution < -0.4 is 10.9 Å². The lowest BCUT2D eigenvalue weighted by Crippen LogP contribution is -2.30. The number of carbonyl (C=O) groups excluding carboxylic acids is 1. The average molecular weight is 386 g/mol. The molecule has 0 fully saturated rings. The minimum absolute atomic E-state index is 0.0704. The molecule has 0 saturated heterocycles. The van der Waals surface area contributed by atoms with Crippen LogP contribution in [0.1, 0.15) is 35.1 Å². The molecule has 0 atom stereocenters. The van der Waals surface area contributed by atoms with Gasteiger partial charge < -0.3 is 10.2 Å². The number of amides is 2. The third-order valence-electron chi connectivity index (χ3n) is 5.83. The second kappa shape index (κ2) is 7.20. The average Bonchev–Trinajstić information content (AvgIpc) is 3.20. The van der Waals surface area contributed by atoms with Crippen LogP contribution in [0.2, 0.25) is 0 Å². The number of rotatable bonds is 2. The highest BCUT2D eigenvalue weighted by Crippen LogP contribution is 2.29. The zero-order chi connectivity index (χ0) is 19.8. The number of hydrogen-bond donors (Lipinski definition) is 2. The molecule has 1 aliphatic carbocycles. The fourth-order valence-corrected chi connectivity index (χ4v) is 4.29. The Morgan fingerprint density at radius 3 is 2.28 bits per heavy atom. The largest absolute Gasteiger partial charge is 0.322 e. The molecule has 2 aromatic carbocycles. The minimum atomic E-state index is -0.103. The molecule has 1 aromatic heterocycles. The molecule has 5 rings (SSSR count). The zero-order valence-electron chi connectivity index (χ0n) is 16.1. The van der Waals surface area contributed by atoms with Crippen LogP contribution in [0.3, 0.4) is 0 Å². The Morgan fingerprint density at radius 1 is 0.931 bits per heavy atom. The lowest BCUT2D eigenvalue weighted by Gasteiger charge is -2.18. The Balaban J connectivity index is 1.33. The van der Waals surface area contributed by atoms with Crippen LogP contribution in [0.15, 0.2) is 53.3 Å². The fourth-order valence-electron chi connectivity index (χ4n) is 4.29. The van der Waals surface area contributed by atoms with E-state index in [-0.39, 0.29) is 11.6 Å². The van der Waals surface area contributed by atoms with Gasteiger partial charge in [0.05, 0.1) is 5.69 Å². The number of aromatic amines is 1. The van der Waals surface area contributed by atoms with Gasteiger partial charge in [-0.25, -0.2) is 9.89 Å². The summed E-state index contributed by atoms with van der Waals surface area (Å²) in [5.41, 5.74) is 6.79. The van der Waals surface area contributed by atoms with Crippen LogP contribution in [0.4, 0.5) is 10.5 Å². The fraction of sp³-hybridized carbons (Fsp3) is 0.261. The van der Waals surface area contributed by atoms with Gasteiger partial charge in [0, 0.05) is 29.9 Å². The van der Waals surface area contributed by atoms with E-state index in [9.17, 15) is 9.59 Å². The third kappa shape index (κ3) is 3.31. The van der Waals surface area contributed by atoms with E-state index in [4.69, 9.17) is 0 Å². The molecule has 0 spiro atoms. The van der Waals surface area contributed by atoms with E-state index in [1.165, 1.54) is 11.1 Å². The van der Waals surface area contributed by atoms with Gasteiger partial charge >= 0.3 is 6.03 Å². The first-order valence-corrected chi connectivity index (χ1v) is 10.0. The normalized spacial score (nSPS) is 15.0. The molecule has 6 heteroatoms. The third-order valence-corrected chi connectivity index (χ3v) is 5.83. The molecule has 0 bridgehead atoms. The van der Waals surface area contributed by atoms with Crippen LogP contribution in [0.5, 0.6) is 0 Å². The van der Waals surface area contributed by atoms with Crippen molar-refractivity contribution in [3.8, 4) is 11.3 Å². The predicted octanol–water partition coefficient (Wildman–Crippen LogP) is 3.86. The second-order valence-electron chi connectivity index (χ2n) is 7.70. The molecule has 0 radical (unpaired) electrons. The smallest absolute Gasteiger partial charge is 0.316 e. The number of fused-ring (bicyclic) bond motifs is 2. The highest BCUT2D eigenvalue weighted by Gasteiger charge is 2.23. The summed E-state index contributed by atoms with van der Waals surface area (Å²) < 4.78 is 0. The summed E-state index contributed by atoms with van der Waals surface area (Å²) in [6, 6.07) is 15.7. The Kier molecular flexibility index (Phi) is 4.39. The number of urea groups is 1. The summed E-state index contributed by atoms with van der Waals surface area (Å²) in [5.74, 6) is 0. The van der Waals surface area contributed by atoms with Gasteiger partial charge in [0.1, 0.15) is 0 Å². The first-order valence-electron chi connectivity index (χ1n) is 10.0. The van der Waals surface area contributed by atoms with E-state index in [0.717, 1.165) is 53.8 Å². The van der Waals surface area contributed by atoms with Crippen LogP contribution >= 0.6 is 0 Å². The molecule has 0 saturated carbocycles. The number of anilines is 1. The molecule has 6 nitrogen and oxygen atoms in total. The van der Waals surface area contributed by atoms with Crippen molar-refractivity contribution in [3.05, 3.63) is 81.1 Å². The van der Waals surface area contributed by atoms with Crippen LogP contribution in [0, 0.1) is 0 Å².